The topological polar surface area (TPSA) is 36.2 Å². The Morgan fingerprint density at radius 2 is 1.43 bits per heavy atom. The van der Waals surface area contributed by atoms with Crippen molar-refractivity contribution in [2.75, 3.05) is 0 Å². The molecule has 0 atom stereocenters. The summed E-state index contributed by atoms with van der Waals surface area (Å²) in [5.41, 5.74) is 6.88. The molecule has 0 fully saturated rings. The van der Waals surface area contributed by atoms with Gasteiger partial charge in [0.2, 0.25) is 0 Å². The third-order valence-electron chi connectivity index (χ3n) is 2.69. The minimum absolute atomic E-state index is 0.122. The number of rotatable bonds is 9. The van der Waals surface area contributed by atoms with Crippen LogP contribution in [0.4, 0.5) is 0 Å². The lowest BCUT2D eigenvalue weighted by Gasteiger charge is -2.16. The van der Waals surface area contributed by atoms with Gasteiger partial charge in [-0.05, 0) is 20.3 Å². The Labute approximate surface area is 89.0 Å². The summed E-state index contributed by atoms with van der Waals surface area (Å²) in [5, 5.41) is 3.62. The van der Waals surface area contributed by atoms with Gasteiger partial charge in [0.15, 0.2) is 0 Å². The fourth-order valence-corrected chi connectivity index (χ4v) is 1.57. The molecular weight excluding hydrogens is 172 g/mol. The van der Waals surface area contributed by atoms with Crippen LogP contribution in [-0.2, 0) is 0 Å². The summed E-state index contributed by atoms with van der Waals surface area (Å²) in [7, 11) is 0. The lowest BCUT2D eigenvalue weighted by molar-refractivity contribution is 0.418. The van der Waals surface area contributed by atoms with Crippen LogP contribution in [0, 0.1) is 5.53 Å². The van der Waals surface area contributed by atoms with Crippen molar-refractivity contribution in [2.24, 2.45) is 5.11 Å². The van der Waals surface area contributed by atoms with Crippen molar-refractivity contribution in [2.45, 2.75) is 77.7 Å². The summed E-state index contributed by atoms with van der Waals surface area (Å²) in [4.78, 5) is 0. The third kappa shape index (κ3) is 8.21. The van der Waals surface area contributed by atoms with Crippen LogP contribution in [0.25, 0.3) is 0 Å². The molecule has 0 spiro atoms. The average Bonchev–Trinajstić information content (AvgIpc) is 2.16. The van der Waals surface area contributed by atoms with E-state index in [0.29, 0.717) is 0 Å². The number of unbranched alkanes of at least 4 members (excludes halogenated alkanes) is 6. The first-order chi connectivity index (χ1) is 6.62. The maximum Gasteiger partial charge on any atom is 0.0757 e. The fourth-order valence-electron chi connectivity index (χ4n) is 1.57. The monoisotopic (exact) mass is 198 g/mol. The second kappa shape index (κ2) is 7.95. The van der Waals surface area contributed by atoms with Gasteiger partial charge in [-0.2, -0.15) is 5.11 Å². The van der Waals surface area contributed by atoms with Crippen molar-refractivity contribution in [1.29, 1.82) is 5.53 Å². The predicted molar refractivity (Wildman–Crippen MR) is 61.8 cm³/mol. The van der Waals surface area contributed by atoms with E-state index in [4.69, 9.17) is 5.53 Å². The van der Waals surface area contributed by atoms with Gasteiger partial charge in [-0.3, -0.25) is 0 Å². The minimum atomic E-state index is -0.122. The Hall–Kier alpha value is -0.400. The van der Waals surface area contributed by atoms with Crippen LogP contribution in [0.2, 0.25) is 0 Å². The van der Waals surface area contributed by atoms with E-state index >= 15 is 0 Å². The molecular formula is C12H26N2. The molecule has 1 N–H and O–H groups in total. The van der Waals surface area contributed by atoms with E-state index in [-0.39, 0.29) is 5.54 Å². The summed E-state index contributed by atoms with van der Waals surface area (Å²) in [6, 6.07) is 0. The van der Waals surface area contributed by atoms with Gasteiger partial charge in [0, 0.05) is 0 Å². The highest BCUT2D eigenvalue weighted by atomic mass is 15.0. The molecule has 2 nitrogen and oxygen atoms in total. The molecule has 14 heavy (non-hydrogen) atoms. The molecule has 0 heterocycles. The zero-order chi connectivity index (χ0) is 10.9. The maximum atomic E-state index is 7.00. The van der Waals surface area contributed by atoms with Gasteiger partial charge in [-0.1, -0.05) is 51.9 Å². The Morgan fingerprint density at radius 3 is 1.93 bits per heavy atom. The van der Waals surface area contributed by atoms with Gasteiger partial charge < -0.3 is 0 Å². The minimum Gasteiger partial charge on any atom is -0.209 e. The Kier molecular flexibility index (Phi) is 7.73. The van der Waals surface area contributed by atoms with Crippen LogP contribution in [0.15, 0.2) is 5.11 Å². The Bertz CT molecular complexity index is 141. The number of hydrogen-bond acceptors (Lipinski definition) is 2. The van der Waals surface area contributed by atoms with E-state index in [1.54, 1.807) is 0 Å². The van der Waals surface area contributed by atoms with Crippen LogP contribution >= 0.6 is 0 Å². The summed E-state index contributed by atoms with van der Waals surface area (Å²) in [5.74, 6) is 0. The SMILES string of the molecule is CCCCCCCCCC(C)(C)N=N. The lowest BCUT2D eigenvalue weighted by Crippen LogP contribution is -2.14. The predicted octanol–water partition coefficient (Wildman–Crippen LogP) is 4.94. The largest absolute Gasteiger partial charge is 0.209 e. The lowest BCUT2D eigenvalue weighted by atomic mass is 9.97. The molecule has 0 bridgehead atoms. The Morgan fingerprint density at radius 1 is 0.929 bits per heavy atom. The first kappa shape index (κ1) is 13.6. The number of nitrogens with zero attached hydrogens (tertiary/aromatic N) is 1. The van der Waals surface area contributed by atoms with Crippen LogP contribution in [-0.4, -0.2) is 5.54 Å². The summed E-state index contributed by atoms with van der Waals surface area (Å²) >= 11 is 0. The average molecular weight is 198 g/mol. The molecule has 0 amide bonds. The third-order valence-corrected chi connectivity index (χ3v) is 2.69. The molecule has 0 aromatic carbocycles. The van der Waals surface area contributed by atoms with Crippen LogP contribution < -0.4 is 0 Å². The van der Waals surface area contributed by atoms with E-state index in [9.17, 15) is 0 Å². The normalized spacial score (nSPS) is 11.6. The summed E-state index contributed by atoms with van der Waals surface area (Å²) in [6.45, 7) is 6.33. The molecule has 0 aliphatic rings. The molecule has 0 aromatic rings. The second-order valence-corrected chi connectivity index (χ2v) is 4.80. The van der Waals surface area contributed by atoms with E-state index in [2.05, 4.69) is 12.0 Å². The van der Waals surface area contributed by atoms with E-state index in [1.165, 1.54) is 44.9 Å². The number of hydrogen-bond donors (Lipinski definition) is 1. The standard InChI is InChI=1S/C12H26N2/c1-4-5-6-7-8-9-10-11-12(2,3)14-13/h13H,4-11H2,1-3H3. The second-order valence-electron chi connectivity index (χ2n) is 4.80. The summed E-state index contributed by atoms with van der Waals surface area (Å²) in [6.07, 6.45) is 10.4. The van der Waals surface area contributed by atoms with Gasteiger partial charge in [-0.25, -0.2) is 5.53 Å². The van der Waals surface area contributed by atoms with Crippen LogP contribution in [0.3, 0.4) is 0 Å². The smallest absolute Gasteiger partial charge is 0.0757 e. The highest BCUT2D eigenvalue weighted by Gasteiger charge is 2.14. The molecule has 0 radical (unpaired) electrons. The van der Waals surface area contributed by atoms with Crippen molar-refractivity contribution < 1.29 is 0 Å². The van der Waals surface area contributed by atoms with Crippen LogP contribution in [0.1, 0.15) is 72.1 Å². The Balaban J connectivity index is 3.17. The highest BCUT2D eigenvalue weighted by molar-refractivity contribution is 4.73. The number of nitrogens with one attached hydrogen (secondary N) is 1. The molecule has 0 rings (SSSR count). The van der Waals surface area contributed by atoms with Crippen molar-refractivity contribution in [1.82, 2.24) is 0 Å². The molecule has 0 unspecified atom stereocenters. The fraction of sp³-hybridized carbons (Fsp3) is 1.00. The summed E-state index contributed by atoms with van der Waals surface area (Å²) < 4.78 is 0. The van der Waals surface area contributed by atoms with E-state index in [1.807, 2.05) is 13.8 Å². The highest BCUT2D eigenvalue weighted by Crippen LogP contribution is 2.18. The molecule has 0 aliphatic carbocycles. The molecule has 84 valence electrons. The van der Waals surface area contributed by atoms with Crippen molar-refractivity contribution >= 4 is 0 Å². The van der Waals surface area contributed by atoms with Gasteiger partial charge in [-0.15, -0.1) is 0 Å². The first-order valence-electron chi connectivity index (χ1n) is 6.01. The van der Waals surface area contributed by atoms with Gasteiger partial charge in [0.25, 0.3) is 0 Å². The van der Waals surface area contributed by atoms with Crippen molar-refractivity contribution in [3.63, 3.8) is 0 Å². The van der Waals surface area contributed by atoms with E-state index in [0.717, 1.165) is 6.42 Å². The van der Waals surface area contributed by atoms with Gasteiger partial charge >= 0.3 is 0 Å². The molecule has 0 aromatic heterocycles. The quantitative estimate of drug-likeness (QED) is 0.402. The zero-order valence-electron chi connectivity index (χ0n) is 10.1. The molecule has 0 aliphatic heterocycles. The molecule has 2 heteroatoms. The molecule has 0 saturated carbocycles. The van der Waals surface area contributed by atoms with Crippen molar-refractivity contribution in [3.8, 4) is 0 Å². The molecule has 0 saturated heterocycles. The maximum absolute atomic E-state index is 7.00. The first-order valence-corrected chi connectivity index (χ1v) is 6.01. The zero-order valence-corrected chi connectivity index (χ0v) is 10.1. The van der Waals surface area contributed by atoms with Gasteiger partial charge in [0.05, 0.1) is 5.54 Å². The van der Waals surface area contributed by atoms with Crippen LogP contribution in [0.5, 0.6) is 0 Å². The van der Waals surface area contributed by atoms with Crippen molar-refractivity contribution in [3.05, 3.63) is 0 Å². The van der Waals surface area contributed by atoms with Gasteiger partial charge in [0.1, 0.15) is 0 Å². The van der Waals surface area contributed by atoms with E-state index < -0.39 is 0 Å².